The van der Waals surface area contributed by atoms with Crippen molar-refractivity contribution in [2.24, 2.45) is 0 Å². The molecule has 1 N–H and O–H groups in total. The number of aromatic amines is 1. The van der Waals surface area contributed by atoms with Gasteiger partial charge in [0, 0.05) is 6.20 Å². The van der Waals surface area contributed by atoms with Gasteiger partial charge in [0.05, 0.1) is 0 Å². The Hall–Kier alpha value is -1.54. The molecule has 1 heterocycles. The second-order valence-electron chi connectivity index (χ2n) is 2.60. The topological polar surface area (TPSA) is 54.9 Å². The van der Waals surface area contributed by atoms with E-state index in [-0.39, 0.29) is 10.8 Å². The van der Waals surface area contributed by atoms with Gasteiger partial charge in [-0.2, -0.15) is 4.39 Å². The number of hydrogen-bond acceptors (Lipinski definition) is 2. The predicted octanol–water partition coefficient (Wildman–Crippen LogP) is 0.0623. The van der Waals surface area contributed by atoms with Crippen molar-refractivity contribution >= 4 is 6.98 Å². The minimum Gasteiger partial charge on any atom is -0.448 e. The Morgan fingerprint density at radius 2 is 1.93 bits per heavy atom. The quantitative estimate of drug-likeness (QED) is 0.555. The van der Waals surface area contributed by atoms with E-state index in [0.717, 1.165) is 0 Å². The molecule has 9 heteroatoms. The van der Waals surface area contributed by atoms with Crippen LogP contribution in [0.25, 0.3) is 0 Å². The minimum absolute atomic E-state index is 0.0662. The van der Waals surface area contributed by atoms with Crippen LogP contribution >= 0.6 is 0 Å². The highest BCUT2D eigenvalue weighted by Crippen LogP contribution is 2.09. The smallest absolute Gasteiger partial charge is 0.448 e. The first-order valence-electron chi connectivity index (χ1n) is 3.50. The third-order valence-electron chi connectivity index (χ3n) is 1.37. The van der Waals surface area contributed by atoms with Crippen LogP contribution in [0, 0.1) is 5.82 Å². The highest BCUT2D eigenvalue weighted by molar-refractivity contribution is 6.57. The molecule has 0 bridgehead atoms. The van der Waals surface area contributed by atoms with Crippen molar-refractivity contribution in [1.29, 1.82) is 0 Å². The van der Waals surface area contributed by atoms with Gasteiger partial charge in [0.2, 0.25) is 5.82 Å². The van der Waals surface area contributed by atoms with Gasteiger partial charge >= 0.3 is 12.7 Å². The fraction of sp³-hybridized carbons (Fsp3) is 0.200. The Bertz CT molecular complexity index is 448. The van der Waals surface area contributed by atoms with Gasteiger partial charge < -0.3 is 17.5 Å². The van der Waals surface area contributed by atoms with Crippen molar-refractivity contribution in [3.8, 4) is 0 Å². The van der Waals surface area contributed by atoms with Gasteiger partial charge in [0.25, 0.3) is 5.56 Å². The summed E-state index contributed by atoms with van der Waals surface area (Å²) in [6.45, 7) is -5.25. The van der Waals surface area contributed by atoms with E-state index in [1.54, 1.807) is 0 Å². The first kappa shape index (κ1) is 10.5. The van der Waals surface area contributed by atoms with Gasteiger partial charge in [0.1, 0.15) is 0 Å². The Morgan fingerprint density at radius 3 is 2.43 bits per heavy atom. The lowest BCUT2D eigenvalue weighted by Crippen LogP contribution is -2.37. The number of halogens is 4. The van der Waals surface area contributed by atoms with Crippen LogP contribution in [0.5, 0.6) is 0 Å². The summed E-state index contributed by atoms with van der Waals surface area (Å²) >= 11 is 0. The molecule has 78 valence electrons. The number of nitrogens with zero attached hydrogens (tertiary/aromatic N) is 1. The highest BCUT2D eigenvalue weighted by Gasteiger charge is 2.24. The van der Waals surface area contributed by atoms with E-state index in [9.17, 15) is 26.9 Å². The van der Waals surface area contributed by atoms with E-state index in [2.05, 4.69) is 0 Å². The highest BCUT2D eigenvalue weighted by atomic mass is 19.4. The molecule has 4 nitrogen and oxygen atoms in total. The van der Waals surface area contributed by atoms with Crippen molar-refractivity contribution in [3.63, 3.8) is 0 Å². The average molecular weight is 211 g/mol. The van der Waals surface area contributed by atoms with E-state index >= 15 is 0 Å². The molecule has 1 aromatic heterocycles. The summed E-state index contributed by atoms with van der Waals surface area (Å²) in [4.78, 5) is 22.6. The molecule has 0 unspecified atom stereocenters. The maximum absolute atomic E-state index is 12.5. The van der Waals surface area contributed by atoms with Crippen LogP contribution in [0.2, 0.25) is 0 Å². The second-order valence-corrected chi connectivity index (χ2v) is 2.60. The molecule has 0 saturated heterocycles. The summed E-state index contributed by atoms with van der Waals surface area (Å²) in [6.07, 6.45) is -1.34. The second kappa shape index (κ2) is 3.31. The first-order valence-corrected chi connectivity index (χ1v) is 3.50. The molecule has 1 rings (SSSR count). The summed E-state index contributed by atoms with van der Waals surface area (Å²) in [5.74, 6) is -1.43. The monoisotopic (exact) mass is 211 g/mol. The molecular weight excluding hydrogens is 207 g/mol. The van der Waals surface area contributed by atoms with Gasteiger partial charge in [-0.25, -0.2) is 4.79 Å². The van der Waals surface area contributed by atoms with E-state index < -0.39 is 30.5 Å². The Labute approximate surface area is 74.2 Å². The van der Waals surface area contributed by atoms with Crippen LogP contribution in [0.1, 0.15) is 0 Å². The zero-order valence-corrected chi connectivity index (χ0v) is 6.64. The fourth-order valence-corrected chi connectivity index (χ4v) is 0.841. The molecule has 14 heavy (non-hydrogen) atoms. The standard InChI is InChI=1S/C5H4BF4N2O2/c7-3-1-12(2-6(8,9)10)5(14)11-4(3)13/h1H,2H2,(H,11,13,14)/q-1. The van der Waals surface area contributed by atoms with Crippen LogP contribution in [-0.2, 0) is 6.44 Å². The third kappa shape index (κ3) is 2.47. The van der Waals surface area contributed by atoms with Crippen LogP contribution in [0.3, 0.4) is 0 Å². The number of nitrogens with one attached hydrogen (secondary N) is 1. The van der Waals surface area contributed by atoms with Gasteiger partial charge in [-0.15, -0.1) is 0 Å². The van der Waals surface area contributed by atoms with Crippen molar-refractivity contribution < 1.29 is 17.3 Å². The van der Waals surface area contributed by atoms with Crippen molar-refractivity contribution in [1.82, 2.24) is 9.55 Å². The van der Waals surface area contributed by atoms with E-state index in [0.29, 0.717) is 0 Å². The van der Waals surface area contributed by atoms with Gasteiger partial charge in [-0.3, -0.25) is 9.78 Å². The van der Waals surface area contributed by atoms with Crippen LogP contribution in [-0.4, -0.2) is 16.5 Å². The molecule has 0 aliphatic heterocycles. The average Bonchev–Trinajstić information content (AvgIpc) is 1.97. The number of hydrogen-bond donors (Lipinski definition) is 1. The zero-order valence-electron chi connectivity index (χ0n) is 6.64. The largest absolute Gasteiger partial charge is 0.497 e. The van der Waals surface area contributed by atoms with Crippen LogP contribution in [0.15, 0.2) is 15.8 Å². The lowest BCUT2D eigenvalue weighted by atomic mass is 9.92. The van der Waals surface area contributed by atoms with Crippen LogP contribution in [0.4, 0.5) is 17.3 Å². The minimum atomic E-state index is -5.25. The maximum atomic E-state index is 12.5. The molecule has 0 aliphatic carbocycles. The SMILES string of the molecule is O=c1[nH]c(=O)n(C[B-](F)(F)F)cc1F. The molecule has 0 radical (unpaired) electrons. The molecule has 0 spiro atoms. The predicted molar refractivity (Wildman–Crippen MR) is 40.4 cm³/mol. The van der Waals surface area contributed by atoms with Crippen molar-refractivity contribution in [3.05, 3.63) is 32.9 Å². The summed E-state index contributed by atoms with van der Waals surface area (Å²) in [5, 5.41) is 0. The summed E-state index contributed by atoms with van der Waals surface area (Å²) in [7, 11) is 0. The van der Waals surface area contributed by atoms with Gasteiger partial charge in [-0.1, -0.05) is 0 Å². The maximum Gasteiger partial charge on any atom is 0.497 e. The van der Waals surface area contributed by atoms with Crippen molar-refractivity contribution in [2.75, 3.05) is 0 Å². The molecule has 0 aromatic carbocycles. The van der Waals surface area contributed by atoms with E-state index in [4.69, 9.17) is 0 Å². The summed E-state index contributed by atoms with van der Waals surface area (Å²) < 4.78 is 48.1. The Balaban J connectivity index is 3.18. The molecular formula is C5H4BF4N2O2-. The van der Waals surface area contributed by atoms with Crippen molar-refractivity contribution in [2.45, 2.75) is 6.44 Å². The number of H-pyrrole nitrogens is 1. The summed E-state index contributed by atoms with van der Waals surface area (Å²) in [6, 6.07) is 0. The Kier molecular flexibility index (Phi) is 2.50. The van der Waals surface area contributed by atoms with Gasteiger partial charge in [-0.05, 0) is 6.44 Å². The molecule has 1 aromatic rings. The number of aromatic nitrogens is 2. The third-order valence-corrected chi connectivity index (χ3v) is 1.37. The van der Waals surface area contributed by atoms with Gasteiger partial charge in [0.15, 0.2) is 0 Å². The molecule has 0 amide bonds. The Morgan fingerprint density at radius 1 is 1.36 bits per heavy atom. The lowest BCUT2D eigenvalue weighted by Gasteiger charge is -2.14. The van der Waals surface area contributed by atoms with E-state index in [1.165, 1.54) is 4.98 Å². The molecule has 0 fully saturated rings. The lowest BCUT2D eigenvalue weighted by molar-refractivity contribution is 0.437. The summed E-state index contributed by atoms with van der Waals surface area (Å²) in [5.41, 5.74) is -2.61. The number of rotatable bonds is 2. The fourth-order valence-electron chi connectivity index (χ4n) is 0.841. The molecule has 0 saturated carbocycles. The van der Waals surface area contributed by atoms with E-state index in [1.807, 2.05) is 0 Å². The molecule has 0 atom stereocenters. The first-order chi connectivity index (χ1) is 6.29. The normalized spacial score (nSPS) is 11.7. The zero-order chi connectivity index (χ0) is 10.9. The van der Waals surface area contributed by atoms with Crippen LogP contribution < -0.4 is 11.2 Å². The molecule has 0 aliphatic rings.